The SMILES string of the molecule is COc1cc(-c2cccc(F)c2)cc2c(NCC(N)=O)nc(-c3cccnc3)nc12. The molecule has 0 aliphatic rings. The minimum Gasteiger partial charge on any atom is -0.494 e. The van der Waals surface area contributed by atoms with Crippen LogP contribution in [0.3, 0.4) is 0 Å². The molecule has 0 bridgehead atoms. The second-order valence-electron chi connectivity index (χ2n) is 6.54. The highest BCUT2D eigenvalue weighted by molar-refractivity contribution is 5.98. The van der Waals surface area contributed by atoms with Gasteiger partial charge in [0.15, 0.2) is 5.82 Å². The molecule has 1 amide bonds. The fourth-order valence-electron chi connectivity index (χ4n) is 3.12. The highest BCUT2D eigenvalue weighted by atomic mass is 19.1. The fraction of sp³-hybridized carbons (Fsp3) is 0.0909. The first kappa shape index (κ1) is 19.3. The van der Waals surface area contributed by atoms with Gasteiger partial charge in [0, 0.05) is 23.3 Å². The van der Waals surface area contributed by atoms with E-state index in [1.54, 1.807) is 36.7 Å². The molecule has 4 aromatic rings. The minimum absolute atomic E-state index is 0.106. The summed E-state index contributed by atoms with van der Waals surface area (Å²) in [6, 6.07) is 13.5. The van der Waals surface area contributed by atoms with Crippen LogP contribution in [0.4, 0.5) is 10.2 Å². The van der Waals surface area contributed by atoms with Crippen LogP contribution in [0.15, 0.2) is 60.9 Å². The van der Waals surface area contributed by atoms with E-state index >= 15 is 0 Å². The van der Waals surface area contributed by atoms with Crippen molar-refractivity contribution >= 4 is 22.6 Å². The van der Waals surface area contributed by atoms with E-state index in [1.165, 1.54) is 19.2 Å². The van der Waals surface area contributed by atoms with E-state index in [-0.39, 0.29) is 12.4 Å². The zero-order chi connectivity index (χ0) is 21.1. The quantitative estimate of drug-likeness (QED) is 0.511. The van der Waals surface area contributed by atoms with Crippen molar-refractivity contribution in [2.24, 2.45) is 5.73 Å². The summed E-state index contributed by atoms with van der Waals surface area (Å²) in [7, 11) is 1.53. The average molecular weight is 403 g/mol. The number of aromatic nitrogens is 3. The molecule has 30 heavy (non-hydrogen) atoms. The van der Waals surface area contributed by atoms with E-state index in [2.05, 4.69) is 20.3 Å². The molecule has 2 heterocycles. The van der Waals surface area contributed by atoms with Gasteiger partial charge < -0.3 is 15.8 Å². The molecule has 0 radical (unpaired) electrons. The van der Waals surface area contributed by atoms with Crippen molar-refractivity contribution in [2.75, 3.05) is 19.0 Å². The molecule has 7 nitrogen and oxygen atoms in total. The smallest absolute Gasteiger partial charge is 0.236 e. The number of benzene rings is 2. The molecule has 0 unspecified atom stereocenters. The van der Waals surface area contributed by atoms with E-state index in [0.717, 1.165) is 5.56 Å². The Morgan fingerprint density at radius 3 is 2.63 bits per heavy atom. The number of nitrogens with two attached hydrogens (primary N) is 1. The summed E-state index contributed by atoms with van der Waals surface area (Å²) < 4.78 is 19.3. The lowest BCUT2D eigenvalue weighted by Gasteiger charge is -2.14. The van der Waals surface area contributed by atoms with Crippen molar-refractivity contribution in [3.8, 4) is 28.3 Å². The molecule has 8 heteroatoms. The Balaban J connectivity index is 1.96. The van der Waals surface area contributed by atoms with Gasteiger partial charge in [-0.05, 0) is 47.5 Å². The van der Waals surface area contributed by atoms with E-state index in [0.29, 0.717) is 39.4 Å². The van der Waals surface area contributed by atoms with Crippen molar-refractivity contribution in [2.45, 2.75) is 0 Å². The van der Waals surface area contributed by atoms with Crippen molar-refractivity contribution in [3.05, 3.63) is 66.7 Å². The third-order valence-electron chi connectivity index (χ3n) is 4.49. The predicted octanol–water partition coefficient (Wildman–Crippen LogP) is 3.40. The standard InChI is InChI=1S/C22H18FN5O2/c1-30-18-10-15(13-4-2-6-16(23)8-13)9-17-20(18)27-21(14-5-3-7-25-11-14)28-22(17)26-12-19(24)29/h2-11H,12H2,1H3,(H2,24,29)(H,26,27,28). The molecule has 0 saturated heterocycles. The Morgan fingerprint density at radius 2 is 1.93 bits per heavy atom. The van der Waals surface area contributed by atoms with Crippen LogP contribution in [0.1, 0.15) is 0 Å². The number of nitrogens with one attached hydrogen (secondary N) is 1. The Hall–Kier alpha value is -4.07. The first-order valence-corrected chi connectivity index (χ1v) is 9.13. The fourth-order valence-corrected chi connectivity index (χ4v) is 3.12. The molecule has 3 N–H and O–H groups in total. The van der Waals surface area contributed by atoms with Gasteiger partial charge in [0.05, 0.1) is 13.7 Å². The lowest BCUT2D eigenvalue weighted by atomic mass is 10.0. The van der Waals surface area contributed by atoms with E-state index < -0.39 is 5.91 Å². The number of hydrogen-bond acceptors (Lipinski definition) is 6. The van der Waals surface area contributed by atoms with Gasteiger partial charge in [0.2, 0.25) is 5.91 Å². The second-order valence-corrected chi connectivity index (χ2v) is 6.54. The number of pyridine rings is 1. The lowest BCUT2D eigenvalue weighted by Crippen LogP contribution is -2.22. The summed E-state index contributed by atoms with van der Waals surface area (Å²) >= 11 is 0. The number of halogens is 1. The van der Waals surface area contributed by atoms with Gasteiger partial charge in [-0.2, -0.15) is 0 Å². The Labute approximate surface area is 171 Å². The molecule has 0 fully saturated rings. The van der Waals surface area contributed by atoms with Gasteiger partial charge in [0.1, 0.15) is 22.9 Å². The van der Waals surface area contributed by atoms with Crippen LogP contribution >= 0.6 is 0 Å². The molecular formula is C22H18FN5O2. The molecule has 4 rings (SSSR count). The molecular weight excluding hydrogens is 385 g/mol. The molecule has 0 saturated carbocycles. The highest BCUT2D eigenvalue weighted by Crippen LogP contribution is 2.36. The number of nitrogens with zero attached hydrogens (tertiary/aromatic N) is 3. The predicted molar refractivity (Wildman–Crippen MR) is 112 cm³/mol. The number of anilines is 1. The number of carbonyl (C=O) groups excluding carboxylic acids is 1. The summed E-state index contributed by atoms with van der Waals surface area (Å²) in [6.45, 7) is -0.106. The number of hydrogen-bond donors (Lipinski definition) is 2. The maximum Gasteiger partial charge on any atom is 0.236 e. The molecule has 2 aromatic carbocycles. The third-order valence-corrected chi connectivity index (χ3v) is 4.49. The van der Waals surface area contributed by atoms with Gasteiger partial charge in [0.25, 0.3) is 0 Å². The van der Waals surface area contributed by atoms with Gasteiger partial charge in [-0.15, -0.1) is 0 Å². The van der Waals surface area contributed by atoms with E-state index in [1.807, 2.05) is 12.1 Å². The number of rotatable bonds is 6. The monoisotopic (exact) mass is 403 g/mol. The summed E-state index contributed by atoms with van der Waals surface area (Å²) in [5, 5.41) is 3.58. The molecule has 2 aromatic heterocycles. The normalized spacial score (nSPS) is 10.7. The van der Waals surface area contributed by atoms with E-state index in [4.69, 9.17) is 10.5 Å². The second kappa shape index (κ2) is 8.12. The maximum atomic E-state index is 13.8. The largest absolute Gasteiger partial charge is 0.494 e. The Bertz CT molecular complexity index is 1230. The van der Waals surface area contributed by atoms with Crippen LogP contribution in [-0.4, -0.2) is 34.5 Å². The lowest BCUT2D eigenvalue weighted by molar-refractivity contribution is -0.116. The van der Waals surface area contributed by atoms with Crippen LogP contribution < -0.4 is 15.8 Å². The number of ether oxygens (including phenoxy) is 1. The van der Waals surface area contributed by atoms with Crippen molar-refractivity contribution in [1.29, 1.82) is 0 Å². The maximum absolute atomic E-state index is 13.8. The van der Waals surface area contributed by atoms with Crippen LogP contribution in [0.25, 0.3) is 33.4 Å². The zero-order valence-corrected chi connectivity index (χ0v) is 16.1. The number of fused-ring (bicyclic) bond motifs is 1. The van der Waals surface area contributed by atoms with Crippen molar-refractivity contribution < 1.29 is 13.9 Å². The first-order valence-electron chi connectivity index (χ1n) is 9.13. The summed E-state index contributed by atoms with van der Waals surface area (Å²) in [5.74, 6) is 0.440. The minimum atomic E-state index is -0.530. The van der Waals surface area contributed by atoms with Crippen molar-refractivity contribution in [3.63, 3.8) is 0 Å². The highest BCUT2D eigenvalue weighted by Gasteiger charge is 2.16. The zero-order valence-electron chi connectivity index (χ0n) is 16.1. The van der Waals surface area contributed by atoms with Crippen molar-refractivity contribution in [1.82, 2.24) is 15.0 Å². The first-order chi connectivity index (χ1) is 14.5. The molecule has 0 atom stereocenters. The molecule has 0 aliphatic heterocycles. The topological polar surface area (TPSA) is 103 Å². The Kier molecular flexibility index (Phi) is 5.21. The third kappa shape index (κ3) is 3.88. The van der Waals surface area contributed by atoms with Gasteiger partial charge >= 0.3 is 0 Å². The molecule has 0 aliphatic carbocycles. The van der Waals surface area contributed by atoms with Crippen LogP contribution in [-0.2, 0) is 4.79 Å². The van der Waals surface area contributed by atoms with Gasteiger partial charge in [-0.3, -0.25) is 9.78 Å². The van der Waals surface area contributed by atoms with Gasteiger partial charge in [-0.1, -0.05) is 12.1 Å². The molecule has 0 spiro atoms. The average Bonchev–Trinajstić information content (AvgIpc) is 2.77. The molecule has 150 valence electrons. The summed E-state index contributed by atoms with van der Waals surface area (Å²) in [4.78, 5) is 24.7. The number of primary amides is 1. The van der Waals surface area contributed by atoms with Gasteiger partial charge in [-0.25, -0.2) is 14.4 Å². The summed E-state index contributed by atoms with van der Waals surface area (Å²) in [6.07, 6.45) is 3.30. The number of methoxy groups -OCH3 is 1. The van der Waals surface area contributed by atoms with Crippen LogP contribution in [0, 0.1) is 5.82 Å². The van der Waals surface area contributed by atoms with E-state index in [9.17, 15) is 9.18 Å². The Morgan fingerprint density at radius 1 is 1.10 bits per heavy atom. The summed E-state index contributed by atoms with van der Waals surface area (Å²) in [5.41, 5.74) is 7.95. The van der Waals surface area contributed by atoms with Crippen LogP contribution in [0.2, 0.25) is 0 Å². The number of carbonyl (C=O) groups is 1. The number of amides is 1. The van der Waals surface area contributed by atoms with Crippen LogP contribution in [0.5, 0.6) is 5.75 Å².